The summed E-state index contributed by atoms with van der Waals surface area (Å²) in [5.74, 6) is 0. The average Bonchev–Trinajstić information content (AvgIpc) is 2.13. The molecule has 1 rings (SSSR count). The van der Waals surface area contributed by atoms with Gasteiger partial charge >= 0.3 is 0 Å². The number of aryl methyl sites for hydroxylation is 1. The van der Waals surface area contributed by atoms with Gasteiger partial charge in [0.05, 0.1) is 11.9 Å². The van der Waals surface area contributed by atoms with Crippen molar-refractivity contribution in [2.24, 2.45) is 0 Å². The predicted molar refractivity (Wildman–Crippen MR) is 38.8 cm³/mol. The second-order valence-corrected chi connectivity index (χ2v) is 1.73. The van der Waals surface area contributed by atoms with Crippen LogP contribution in [0.15, 0.2) is 18.3 Å². The Morgan fingerprint density at radius 2 is 2.30 bits per heavy atom. The third kappa shape index (κ3) is 1.48. The number of hydrogen-bond acceptors (Lipinski definition) is 2. The molecule has 0 saturated carbocycles. The number of nitrogens with zero attached hydrogens (tertiary/aromatic N) is 2. The molecule has 0 radical (unpaired) electrons. The highest BCUT2D eigenvalue weighted by Gasteiger charge is 2.01. The normalized spacial score (nSPS) is 8.50. The zero-order valence-corrected chi connectivity index (χ0v) is 6.17. The third-order valence-electron chi connectivity index (χ3n) is 1.10. The van der Waals surface area contributed by atoms with Gasteiger partial charge in [-0.05, 0) is 19.1 Å². The minimum absolute atomic E-state index is 0. The molecule has 0 atom stereocenters. The van der Waals surface area contributed by atoms with E-state index < -0.39 is 5.03 Å². The first-order valence-corrected chi connectivity index (χ1v) is 2.50. The molecule has 1 aromatic heterocycles. The van der Waals surface area contributed by atoms with Gasteiger partial charge in [0.2, 0.25) is 0 Å². The molecule has 5 heteroatoms. The first-order chi connectivity index (χ1) is 4.22. The van der Waals surface area contributed by atoms with Crippen molar-refractivity contribution >= 4 is 12.4 Å². The van der Waals surface area contributed by atoms with Crippen LogP contribution in [0.2, 0.25) is 0 Å². The maximum Gasteiger partial charge on any atom is 0.169 e. The molecule has 0 aliphatic rings. The average molecular weight is 163 g/mol. The van der Waals surface area contributed by atoms with Crippen molar-refractivity contribution in [1.29, 1.82) is 0 Å². The molecule has 0 aliphatic carbocycles. The molecule has 10 heavy (non-hydrogen) atoms. The van der Waals surface area contributed by atoms with E-state index in [1.54, 1.807) is 19.1 Å². The summed E-state index contributed by atoms with van der Waals surface area (Å²) in [4.78, 5) is 10.1. The molecule has 0 bridgehead atoms. The maximum atomic E-state index is 10.1. The lowest BCUT2D eigenvalue weighted by molar-refractivity contribution is -0.543. The van der Waals surface area contributed by atoms with Crippen LogP contribution in [-0.4, -0.2) is 9.71 Å². The highest BCUT2D eigenvalue weighted by atomic mass is 35.5. The van der Waals surface area contributed by atoms with E-state index in [-0.39, 0.29) is 12.4 Å². The molecule has 1 aromatic rings. The number of aromatic nitrogens is 1. The van der Waals surface area contributed by atoms with Gasteiger partial charge in [0, 0.05) is 0 Å². The summed E-state index contributed by atoms with van der Waals surface area (Å²) in [6.45, 7) is 1.68. The van der Waals surface area contributed by atoms with Gasteiger partial charge in [0.15, 0.2) is 5.03 Å². The van der Waals surface area contributed by atoms with Crippen molar-refractivity contribution in [2.45, 2.75) is 6.92 Å². The number of hydrogen-bond donors (Lipinski definition) is 0. The van der Waals surface area contributed by atoms with E-state index in [1.807, 2.05) is 0 Å². The van der Waals surface area contributed by atoms with Crippen LogP contribution in [0.5, 0.6) is 0 Å². The molecule has 0 aromatic carbocycles. The van der Waals surface area contributed by atoms with Crippen LogP contribution in [0, 0.1) is 17.0 Å². The van der Waals surface area contributed by atoms with Crippen molar-refractivity contribution in [3.63, 3.8) is 0 Å². The molecule has 0 saturated heterocycles. The molecule has 4 nitrogen and oxygen atoms in total. The summed E-state index contributed by atoms with van der Waals surface area (Å²) in [7, 11) is 0. The van der Waals surface area contributed by atoms with Crippen molar-refractivity contribution in [3.05, 3.63) is 34.1 Å². The Morgan fingerprint density at radius 3 is 2.50 bits per heavy atom. The lowest BCUT2D eigenvalue weighted by Gasteiger charge is -1.89. The van der Waals surface area contributed by atoms with Crippen LogP contribution in [-0.2, 0) is 0 Å². The standard InChI is InChI=1S/C5H6N2O2.ClH/c1-5-3-2-4-6(5)7(8)9;/h2-4H,1H3;1H. The highest BCUT2D eigenvalue weighted by molar-refractivity contribution is 5.85. The van der Waals surface area contributed by atoms with Crippen LogP contribution >= 0.6 is 12.4 Å². The molecule has 0 unspecified atom stereocenters. The number of halogens is 1. The summed E-state index contributed by atoms with van der Waals surface area (Å²) in [6.07, 6.45) is 1.41. The van der Waals surface area contributed by atoms with E-state index in [9.17, 15) is 10.1 Å². The SMILES string of the molecule is Cc1cccn1[N+](=O)[O-].Cl. The van der Waals surface area contributed by atoms with Gasteiger partial charge in [-0.15, -0.1) is 12.4 Å². The van der Waals surface area contributed by atoms with Crippen LogP contribution in [0.3, 0.4) is 0 Å². The highest BCUT2D eigenvalue weighted by Crippen LogP contribution is 1.96. The van der Waals surface area contributed by atoms with Crippen molar-refractivity contribution in [1.82, 2.24) is 4.68 Å². The minimum atomic E-state index is -0.463. The Balaban J connectivity index is 0.000000810. The Morgan fingerprint density at radius 1 is 1.70 bits per heavy atom. The van der Waals surface area contributed by atoms with Gasteiger partial charge in [-0.3, -0.25) is 0 Å². The van der Waals surface area contributed by atoms with Gasteiger partial charge < -0.3 is 0 Å². The summed E-state index contributed by atoms with van der Waals surface area (Å²) >= 11 is 0. The quantitative estimate of drug-likeness (QED) is 0.461. The first-order valence-electron chi connectivity index (χ1n) is 2.50. The number of rotatable bonds is 1. The van der Waals surface area contributed by atoms with Crippen LogP contribution < -0.4 is 0 Å². The molecule has 1 heterocycles. The van der Waals surface area contributed by atoms with Crippen LogP contribution in [0.1, 0.15) is 5.69 Å². The molecule has 0 amide bonds. The van der Waals surface area contributed by atoms with E-state index in [0.29, 0.717) is 5.69 Å². The predicted octanol–water partition coefficient (Wildman–Crippen LogP) is 1.26. The van der Waals surface area contributed by atoms with Gasteiger partial charge in [-0.2, -0.15) is 0 Å². The van der Waals surface area contributed by atoms with E-state index in [0.717, 1.165) is 4.68 Å². The fourth-order valence-electron chi connectivity index (χ4n) is 0.641. The van der Waals surface area contributed by atoms with Gasteiger partial charge in [-0.1, -0.05) is 4.68 Å². The second-order valence-electron chi connectivity index (χ2n) is 1.73. The van der Waals surface area contributed by atoms with Crippen LogP contribution in [0.25, 0.3) is 0 Å². The monoisotopic (exact) mass is 162 g/mol. The van der Waals surface area contributed by atoms with Crippen molar-refractivity contribution < 1.29 is 5.03 Å². The first kappa shape index (κ1) is 8.97. The minimum Gasteiger partial charge on any atom is -0.234 e. The van der Waals surface area contributed by atoms with Crippen molar-refractivity contribution in [2.75, 3.05) is 0 Å². The molecule has 0 N–H and O–H groups in total. The van der Waals surface area contributed by atoms with E-state index >= 15 is 0 Å². The Hall–Kier alpha value is -1.03. The molecule has 0 spiro atoms. The molecule has 0 aliphatic heterocycles. The molecule has 0 fully saturated rings. The Bertz CT molecular complexity index is 233. The van der Waals surface area contributed by atoms with Gasteiger partial charge in [0.1, 0.15) is 0 Å². The molecular formula is C5H7ClN2O2. The summed E-state index contributed by atoms with van der Waals surface area (Å²) in [5.41, 5.74) is 0.639. The number of nitro groups is 1. The fourth-order valence-corrected chi connectivity index (χ4v) is 0.641. The lowest BCUT2D eigenvalue weighted by Crippen LogP contribution is -2.07. The maximum absolute atomic E-state index is 10.1. The summed E-state index contributed by atoms with van der Waals surface area (Å²) in [6, 6.07) is 3.32. The topological polar surface area (TPSA) is 48.1 Å². The molecular weight excluding hydrogens is 156 g/mol. The Kier molecular flexibility index (Phi) is 2.89. The largest absolute Gasteiger partial charge is 0.234 e. The van der Waals surface area contributed by atoms with E-state index in [1.165, 1.54) is 6.20 Å². The lowest BCUT2D eigenvalue weighted by atomic mass is 10.5. The second kappa shape index (κ2) is 3.22. The smallest absolute Gasteiger partial charge is 0.169 e. The Labute approximate surface area is 64.0 Å². The van der Waals surface area contributed by atoms with Gasteiger partial charge in [0.25, 0.3) is 0 Å². The van der Waals surface area contributed by atoms with E-state index in [4.69, 9.17) is 0 Å². The summed E-state index contributed by atoms with van der Waals surface area (Å²) < 4.78 is 0.972. The third-order valence-corrected chi connectivity index (χ3v) is 1.10. The van der Waals surface area contributed by atoms with E-state index in [2.05, 4.69) is 0 Å². The van der Waals surface area contributed by atoms with Gasteiger partial charge in [-0.25, -0.2) is 10.1 Å². The van der Waals surface area contributed by atoms with Crippen LogP contribution in [0.4, 0.5) is 0 Å². The fraction of sp³-hybridized carbons (Fsp3) is 0.200. The summed E-state index contributed by atoms with van der Waals surface area (Å²) in [5, 5.41) is 9.59. The van der Waals surface area contributed by atoms with Crippen molar-refractivity contribution in [3.8, 4) is 0 Å². The zero-order chi connectivity index (χ0) is 6.85. The zero-order valence-electron chi connectivity index (χ0n) is 5.35. The molecule has 56 valence electrons.